The first-order valence-electron chi connectivity index (χ1n) is 11.4. The molecular weight excluding hydrogens is 428 g/mol. The van der Waals surface area contributed by atoms with Crippen LogP contribution in [0, 0.1) is 11.8 Å². The second kappa shape index (κ2) is 10.2. The van der Waals surface area contributed by atoms with Gasteiger partial charge in [0, 0.05) is 25.1 Å². The summed E-state index contributed by atoms with van der Waals surface area (Å²) in [6, 6.07) is -1.63. The van der Waals surface area contributed by atoms with Crippen molar-refractivity contribution in [1.82, 2.24) is 26.6 Å². The fourth-order valence-electron chi connectivity index (χ4n) is 5.55. The lowest BCUT2D eigenvalue weighted by molar-refractivity contribution is -0.339. The molecule has 12 heteroatoms. The maximum Gasteiger partial charge on any atom is 0.344 e. The third-order valence-corrected chi connectivity index (χ3v) is 7.01. The molecule has 0 radical (unpaired) electrons. The van der Waals surface area contributed by atoms with Crippen molar-refractivity contribution in [3.05, 3.63) is 11.6 Å². The van der Waals surface area contributed by atoms with Crippen LogP contribution in [0.25, 0.3) is 0 Å². The second-order valence-electron chi connectivity index (χ2n) is 9.21. The number of hydrogen-bond donors (Lipinski definition) is 9. The van der Waals surface area contributed by atoms with Crippen LogP contribution in [0.15, 0.2) is 11.6 Å². The Hall–Kier alpha value is -0.800. The van der Waals surface area contributed by atoms with E-state index in [9.17, 15) is 24.8 Å². The first kappa shape index (κ1) is 24.3. The molecular formula is C20H35F2N5O5. The summed E-state index contributed by atoms with van der Waals surface area (Å²) in [5.41, 5.74) is 1.07. The highest BCUT2D eigenvalue weighted by Crippen LogP contribution is 2.44. The number of ether oxygens (including phenoxy) is 1. The quantitative estimate of drug-likeness (QED) is 0.155. The number of fused-ring (bicyclic) bond motifs is 1. The van der Waals surface area contributed by atoms with Gasteiger partial charge in [-0.05, 0) is 38.1 Å². The first-order valence-corrected chi connectivity index (χ1v) is 11.4. The molecule has 0 aromatic rings. The molecule has 1 aliphatic carbocycles. The van der Waals surface area contributed by atoms with Crippen molar-refractivity contribution < 1.29 is 33.9 Å². The van der Waals surface area contributed by atoms with Crippen LogP contribution in [0.1, 0.15) is 25.7 Å². The third kappa shape index (κ3) is 5.46. The fourth-order valence-corrected chi connectivity index (χ4v) is 5.55. The van der Waals surface area contributed by atoms with Crippen molar-refractivity contribution in [1.29, 1.82) is 0 Å². The van der Waals surface area contributed by atoms with Crippen LogP contribution in [0.2, 0.25) is 0 Å². The van der Waals surface area contributed by atoms with Crippen LogP contribution in [-0.4, -0.2) is 95.8 Å². The van der Waals surface area contributed by atoms with Gasteiger partial charge in [-0.25, -0.2) is 14.1 Å². The molecule has 10 nitrogen and oxygen atoms in total. The lowest BCUT2D eigenvalue weighted by Gasteiger charge is -2.46. The zero-order chi connectivity index (χ0) is 22.9. The highest BCUT2D eigenvalue weighted by atomic mass is 19.1. The summed E-state index contributed by atoms with van der Waals surface area (Å²) >= 11 is 0. The van der Waals surface area contributed by atoms with Gasteiger partial charge in [0.25, 0.3) is 0 Å². The Bertz CT molecular complexity index is 669. The zero-order valence-corrected chi connectivity index (χ0v) is 17.9. The van der Waals surface area contributed by atoms with E-state index >= 15 is 4.39 Å². The molecule has 1 saturated carbocycles. The molecule has 0 aromatic carbocycles. The maximum atomic E-state index is 15.9. The van der Waals surface area contributed by atoms with E-state index in [1.165, 1.54) is 0 Å². The van der Waals surface area contributed by atoms with Gasteiger partial charge in [0.05, 0.1) is 24.9 Å². The molecule has 3 aliphatic heterocycles. The van der Waals surface area contributed by atoms with E-state index < -0.39 is 49.6 Å². The number of aliphatic hydroxyl groups excluding tert-OH is 1. The van der Waals surface area contributed by atoms with Crippen LogP contribution < -0.4 is 26.6 Å². The maximum absolute atomic E-state index is 15.9. The fraction of sp³-hybridized carbons (Fsp3) is 0.900. The van der Waals surface area contributed by atoms with Crippen molar-refractivity contribution >= 4 is 0 Å². The van der Waals surface area contributed by atoms with Gasteiger partial charge in [-0.1, -0.05) is 11.6 Å². The average Bonchev–Trinajstić information content (AvgIpc) is 3.02. The summed E-state index contributed by atoms with van der Waals surface area (Å²) in [6.45, 7) is 1.62. The predicted octanol–water partition coefficient (Wildman–Crippen LogP) is -2.30. The molecule has 9 N–H and O–H groups in total. The lowest BCUT2D eigenvalue weighted by Crippen LogP contribution is -2.76. The minimum absolute atomic E-state index is 0.159. The molecule has 9 atom stereocenters. The van der Waals surface area contributed by atoms with E-state index in [1.54, 1.807) is 0 Å². The Morgan fingerprint density at radius 2 is 2.00 bits per heavy atom. The Labute approximate surface area is 185 Å². The van der Waals surface area contributed by atoms with Gasteiger partial charge in [-0.15, -0.1) is 0 Å². The molecule has 3 heterocycles. The molecule has 0 amide bonds. The van der Waals surface area contributed by atoms with E-state index in [1.807, 2.05) is 5.32 Å². The Balaban J connectivity index is 1.49. The summed E-state index contributed by atoms with van der Waals surface area (Å²) in [5.74, 6) is -0.171. The standard InChI is InChI=1S/C20H35F2N5O5/c21-15-12(24-19-25-13(9-28)16(22)18(26-19)27-20(29,30)31)8-11-4-7-32-17(11)14(15)10-2-1-5-23-6-3-10/h3,11-19,23-31H,1-2,4-9H2. The van der Waals surface area contributed by atoms with Gasteiger partial charge in [-0.2, -0.15) is 0 Å². The Kier molecular flexibility index (Phi) is 7.77. The molecule has 4 aliphatic rings. The van der Waals surface area contributed by atoms with Gasteiger partial charge >= 0.3 is 6.10 Å². The van der Waals surface area contributed by atoms with Crippen LogP contribution in [0.3, 0.4) is 0 Å². The predicted molar refractivity (Wildman–Crippen MR) is 110 cm³/mol. The van der Waals surface area contributed by atoms with Crippen molar-refractivity contribution in [2.75, 3.05) is 26.3 Å². The SMILES string of the molecule is OCC1NC(NC2CC3CCOC3C(C3=CCNCCC3)C2F)NC(NC(O)(O)O)C1F. The minimum Gasteiger partial charge on any atom is -0.395 e. The van der Waals surface area contributed by atoms with Crippen molar-refractivity contribution in [3.8, 4) is 0 Å². The zero-order valence-electron chi connectivity index (χ0n) is 17.9. The smallest absolute Gasteiger partial charge is 0.344 e. The van der Waals surface area contributed by atoms with E-state index in [2.05, 4.69) is 27.3 Å². The Morgan fingerprint density at radius 1 is 1.19 bits per heavy atom. The molecule has 2 saturated heterocycles. The van der Waals surface area contributed by atoms with Crippen LogP contribution >= 0.6 is 0 Å². The van der Waals surface area contributed by atoms with Crippen LogP contribution in [0.5, 0.6) is 0 Å². The largest absolute Gasteiger partial charge is 0.395 e. The lowest BCUT2D eigenvalue weighted by atomic mass is 9.71. The van der Waals surface area contributed by atoms with E-state index in [-0.39, 0.29) is 17.9 Å². The summed E-state index contributed by atoms with van der Waals surface area (Å²) in [5, 5.41) is 51.1. The van der Waals surface area contributed by atoms with Crippen molar-refractivity contribution in [2.24, 2.45) is 11.8 Å². The Morgan fingerprint density at radius 3 is 2.75 bits per heavy atom. The molecule has 0 aromatic heterocycles. The molecule has 9 unspecified atom stereocenters. The van der Waals surface area contributed by atoms with Gasteiger partial charge in [-0.3, -0.25) is 16.0 Å². The topological polar surface area (TPSA) is 150 Å². The molecule has 0 bridgehead atoms. The third-order valence-electron chi connectivity index (χ3n) is 7.01. The van der Waals surface area contributed by atoms with Gasteiger partial charge in [0.15, 0.2) is 0 Å². The van der Waals surface area contributed by atoms with E-state index in [4.69, 9.17) is 4.74 Å². The molecule has 4 rings (SSSR count). The van der Waals surface area contributed by atoms with Crippen molar-refractivity contribution in [3.63, 3.8) is 0 Å². The average molecular weight is 464 g/mol. The molecule has 0 spiro atoms. The minimum atomic E-state index is -3.31. The number of aliphatic hydroxyl groups is 4. The second-order valence-corrected chi connectivity index (χ2v) is 9.21. The number of halogens is 2. The van der Waals surface area contributed by atoms with Gasteiger partial charge in [0.1, 0.15) is 18.6 Å². The molecule has 32 heavy (non-hydrogen) atoms. The van der Waals surface area contributed by atoms with Gasteiger partial charge < -0.3 is 30.5 Å². The number of alkyl halides is 2. The summed E-state index contributed by atoms with van der Waals surface area (Å²) < 4.78 is 36.5. The number of nitrogens with one attached hydrogen (secondary N) is 5. The molecule has 184 valence electrons. The number of hydrogen-bond acceptors (Lipinski definition) is 10. The highest BCUT2D eigenvalue weighted by molar-refractivity contribution is 5.18. The monoisotopic (exact) mass is 463 g/mol. The van der Waals surface area contributed by atoms with Gasteiger partial charge in [0.2, 0.25) is 0 Å². The number of rotatable bonds is 6. The van der Waals surface area contributed by atoms with E-state index in [0.29, 0.717) is 19.6 Å². The summed E-state index contributed by atoms with van der Waals surface area (Å²) in [6.07, 6.45) is -3.54. The summed E-state index contributed by atoms with van der Waals surface area (Å²) in [4.78, 5) is 0. The summed E-state index contributed by atoms with van der Waals surface area (Å²) in [7, 11) is 0. The van der Waals surface area contributed by atoms with E-state index in [0.717, 1.165) is 31.4 Å². The first-order chi connectivity index (χ1) is 15.3. The van der Waals surface area contributed by atoms with Crippen LogP contribution in [0.4, 0.5) is 8.78 Å². The van der Waals surface area contributed by atoms with Crippen LogP contribution in [-0.2, 0) is 4.74 Å². The van der Waals surface area contributed by atoms with Crippen molar-refractivity contribution in [2.45, 2.75) is 74.8 Å². The molecule has 3 fully saturated rings. The highest BCUT2D eigenvalue weighted by Gasteiger charge is 2.50. The normalized spacial score (nSPS) is 43.4.